The van der Waals surface area contributed by atoms with Gasteiger partial charge in [-0.1, -0.05) is 52.3 Å². The summed E-state index contributed by atoms with van der Waals surface area (Å²) in [5, 5.41) is 0. The Hall–Kier alpha value is -2.01. The molecule has 132 valence electrons. The lowest BCUT2D eigenvalue weighted by molar-refractivity contribution is 0.0761. The average molecular weight is 404 g/mol. The highest BCUT2D eigenvalue weighted by molar-refractivity contribution is 9.10. The smallest absolute Gasteiger partial charge is 0.410 e. The molecule has 5 heteroatoms. The normalized spacial score (nSPS) is 15.0. The minimum Gasteiger partial charge on any atom is -0.493 e. The van der Waals surface area contributed by atoms with Crippen LogP contribution in [-0.2, 0) is 11.3 Å². The minimum atomic E-state index is -0.227. The van der Waals surface area contributed by atoms with Gasteiger partial charge in [-0.2, -0.15) is 0 Å². The van der Waals surface area contributed by atoms with Gasteiger partial charge in [0.1, 0.15) is 12.4 Å². The summed E-state index contributed by atoms with van der Waals surface area (Å²) in [7, 11) is 0. The van der Waals surface area contributed by atoms with Gasteiger partial charge < -0.3 is 14.4 Å². The van der Waals surface area contributed by atoms with E-state index in [-0.39, 0.29) is 6.09 Å². The average Bonchev–Trinajstić information content (AvgIpc) is 2.66. The molecule has 0 radical (unpaired) electrons. The molecule has 1 heterocycles. The molecule has 0 unspecified atom stereocenters. The molecule has 0 atom stereocenters. The zero-order valence-electron chi connectivity index (χ0n) is 14.1. The molecule has 1 amide bonds. The largest absolute Gasteiger partial charge is 0.493 e. The van der Waals surface area contributed by atoms with Crippen LogP contribution in [0.2, 0.25) is 0 Å². The minimum absolute atomic E-state index is 0.227. The van der Waals surface area contributed by atoms with Crippen molar-refractivity contribution in [3.63, 3.8) is 0 Å². The summed E-state index contributed by atoms with van der Waals surface area (Å²) >= 11 is 3.45. The lowest BCUT2D eigenvalue weighted by Crippen LogP contribution is -2.39. The fourth-order valence-electron chi connectivity index (χ4n) is 2.86. The summed E-state index contributed by atoms with van der Waals surface area (Å²) in [5.41, 5.74) is 1.01. The molecule has 0 bridgehead atoms. The highest BCUT2D eigenvalue weighted by Gasteiger charge is 2.24. The van der Waals surface area contributed by atoms with E-state index in [1.54, 1.807) is 4.90 Å². The molecule has 25 heavy (non-hydrogen) atoms. The molecular weight excluding hydrogens is 382 g/mol. The highest BCUT2D eigenvalue weighted by Crippen LogP contribution is 2.22. The van der Waals surface area contributed by atoms with Crippen molar-refractivity contribution in [3.8, 4) is 5.75 Å². The standard InChI is InChI=1S/C20H22BrNO3/c21-18-7-4-8-19(13-18)24-14-17-9-11-22(12-10-17)20(23)25-15-16-5-2-1-3-6-16/h1-8,13,17H,9-12,14-15H2. The maximum Gasteiger partial charge on any atom is 0.410 e. The van der Waals surface area contributed by atoms with E-state index in [9.17, 15) is 4.79 Å². The monoisotopic (exact) mass is 403 g/mol. The van der Waals surface area contributed by atoms with Crippen LogP contribution in [0.5, 0.6) is 5.75 Å². The SMILES string of the molecule is O=C(OCc1ccccc1)N1CCC(COc2cccc(Br)c2)CC1. The van der Waals surface area contributed by atoms with Gasteiger partial charge in [0.05, 0.1) is 6.61 Å². The van der Waals surface area contributed by atoms with Gasteiger partial charge in [0.25, 0.3) is 0 Å². The Morgan fingerprint density at radius 1 is 1.08 bits per heavy atom. The molecule has 0 aromatic heterocycles. The number of amides is 1. The Labute approximate surface area is 156 Å². The zero-order valence-corrected chi connectivity index (χ0v) is 15.7. The van der Waals surface area contributed by atoms with Crippen LogP contribution in [0, 0.1) is 5.92 Å². The number of rotatable bonds is 5. The van der Waals surface area contributed by atoms with Crippen LogP contribution in [0.1, 0.15) is 18.4 Å². The quantitative estimate of drug-likeness (QED) is 0.713. The second-order valence-corrected chi connectivity index (χ2v) is 7.15. The molecule has 0 aliphatic carbocycles. The van der Waals surface area contributed by atoms with Crippen LogP contribution in [0.25, 0.3) is 0 Å². The zero-order chi connectivity index (χ0) is 17.5. The summed E-state index contributed by atoms with van der Waals surface area (Å²) in [4.78, 5) is 14.0. The first-order chi connectivity index (χ1) is 12.2. The van der Waals surface area contributed by atoms with Crippen LogP contribution in [0.4, 0.5) is 4.79 Å². The lowest BCUT2D eigenvalue weighted by atomic mass is 9.98. The Bertz CT molecular complexity index is 684. The van der Waals surface area contributed by atoms with Crippen LogP contribution in [0.15, 0.2) is 59.1 Å². The summed E-state index contributed by atoms with van der Waals surface area (Å²) < 4.78 is 12.3. The van der Waals surface area contributed by atoms with Crippen LogP contribution in [-0.4, -0.2) is 30.7 Å². The Morgan fingerprint density at radius 3 is 2.56 bits per heavy atom. The molecule has 3 rings (SSSR count). The van der Waals surface area contributed by atoms with Gasteiger partial charge in [0, 0.05) is 17.6 Å². The third-order valence-electron chi connectivity index (χ3n) is 4.36. The number of likely N-dealkylation sites (tertiary alicyclic amines) is 1. The number of hydrogen-bond acceptors (Lipinski definition) is 3. The van der Waals surface area contributed by atoms with Crippen molar-refractivity contribution in [2.75, 3.05) is 19.7 Å². The maximum atomic E-state index is 12.2. The molecule has 4 nitrogen and oxygen atoms in total. The highest BCUT2D eigenvalue weighted by atomic mass is 79.9. The lowest BCUT2D eigenvalue weighted by Gasteiger charge is -2.31. The van der Waals surface area contributed by atoms with Gasteiger partial charge in [-0.05, 0) is 42.5 Å². The predicted molar refractivity (Wildman–Crippen MR) is 101 cm³/mol. The Kier molecular flexibility index (Phi) is 6.34. The molecule has 2 aromatic carbocycles. The molecule has 0 spiro atoms. The Morgan fingerprint density at radius 2 is 1.84 bits per heavy atom. The van der Waals surface area contributed by atoms with Gasteiger partial charge in [-0.3, -0.25) is 0 Å². The number of nitrogens with zero attached hydrogens (tertiary/aromatic N) is 1. The van der Waals surface area contributed by atoms with Crippen LogP contribution < -0.4 is 4.74 Å². The molecule has 1 saturated heterocycles. The fraction of sp³-hybridized carbons (Fsp3) is 0.350. The third kappa shape index (κ3) is 5.49. The van der Waals surface area contributed by atoms with Gasteiger partial charge in [0.2, 0.25) is 0 Å². The van der Waals surface area contributed by atoms with E-state index in [1.165, 1.54) is 0 Å². The number of ether oxygens (including phenoxy) is 2. The first-order valence-corrected chi connectivity index (χ1v) is 9.34. The maximum absolute atomic E-state index is 12.2. The molecule has 1 aliphatic heterocycles. The predicted octanol–water partition coefficient (Wildman–Crippen LogP) is 4.88. The first kappa shape index (κ1) is 17.8. The van der Waals surface area contributed by atoms with E-state index in [2.05, 4.69) is 15.9 Å². The van der Waals surface area contributed by atoms with E-state index in [4.69, 9.17) is 9.47 Å². The van der Waals surface area contributed by atoms with Gasteiger partial charge >= 0.3 is 6.09 Å². The topological polar surface area (TPSA) is 38.8 Å². The van der Waals surface area contributed by atoms with Crippen molar-refractivity contribution in [1.82, 2.24) is 4.90 Å². The number of carbonyl (C=O) groups excluding carboxylic acids is 1. The van der Waals surface area contributed by atoms with Crippen molar-refractivity contribution >= 4 is 22.0 Å². The number of piperidine rings is 1. The Balaban J connectivity index is 1.38. The second-order valence-electron chi connectivity index (χ2n) is 6.24. The van der Waals surface area contributed by atoms with Gasteiger partial charge in [-0.25, -0.2) is 4.79 Å². The summed E-state index contributed by atoms with van der Waals surface area (Å²) in [6, 6.07) is 17.6. The fourth-order valence-corrected chi connectivity index (χ4v) is 3.24. The molecule has 0 N–H and O–H groups in total. The third-order valence-corrected chi connectivity index (χ3v) is 4.85. The van der Waals surface area contributed by atoms with Crippen molar-refractivity contribution in [2.45, 2.75) is 19.4 Å². The van der Waals surface area contributed by atoms with Crippen molar-refractivity contribution in [2.24, 2.45) is 5.92 Å². The van der Waals surface area contributed by atoms with E-state index >= 15 is 0 Å². The molecule has 1 fully saturated rings. The number of carbonyl (C=O) groups is 1. The number of halogens is 1. The molecule has 2 aromatic rings. The number of benzene rings is 2. The van der Waals surface area contributed by atoms with Gasteiger partial charge in [-0.15, -0.1) is 0 Å². The van der Waals surface area contributed by atoms with E-state index in [1.807, 2.05) is 54.6 Å². The van der Waals surface area contributed by atoms with Crippen LogP contribution in [0.3, 0.4) is 0 Å². The van der Waals surface area contributed by atoms with Crippen LogP contribution >= 0.6 is 15.9 Å². The number of hydrogen-bond donors (Lipinski definition) is 0. The second kappa shape index (κ2) is 8.90. The van der Waals surface area contributed by atoms with E-state index in [0.29, 0.717) is 19.1 Å². The summed E-state index contributed by atoms with van der Waals surface area (Å²) in [5.74, 6) is 1.34. The van der Waals surface area contributed by atoms with Crippen molar-refractivity contribution in [1.29, 1.82) is 0 Å². The molecule has 0 saturated carbocycles. The summed E-state index contributed by atoms with van der Waals surface area (Å²) in [6.45, 7) is 2.45. The van der Waals surface area contributed by atoms with E-state index in [0.717, 1.165) is 41.7 Å². The van der Waals surface area contributed by atoms with Crippen molar-refractivity contribution < 1.29 is 14.3 Å². The van der Waals surface area contributed by atoms with Crippen molar-refractivity contribution in [3.05, 3.63) is 64.6 Å². The molecule has 1 aliphatic rings. The summed E-state index contributed by atoms with van der Waals surface area (Å²) in [6.07, 6.45) is 1.65. The van der Waals surface area contributed by atoms with Gasteiger partial charge in [0.15, 0.2) is 0 Å². The first-order valence-electron chi connectivity index (χ1n) is 8.55. The van der Waals surface area contributed by atoms with E-state index < -0.39 is 0 Å². The molecular formula is C20H22BrNO3.